The lowest BCUT2D eigenvalue weighted by molar-refractivity contribution is -0.274. The third-order valence-electron chi connectivity index (χ3n) is 2.67. The predicted octanol–water partition coefficient (Wildman–Crippen LogP) is -2.99. The molecule has 26 heavy (non-hydrogen) atoms. The van der Waals surface area contributed by atoms with Crippen molar-refractivity contribution in [2.24, 2.45) is 0 Å². The second-order valence-electron chi connectivity index (χ2n) is 4.46. The van der Waals surface area contributed by atoms with Crippen molar-refractivity contribution < 1.29 is 70.8 Å². The summed E-state index contributed by atoms with van der Waals surface area (Å²) in [6, 6.07) is 0. The highest BCUT2D eigenvalue weighted by molar-refractivity contribution is 7.81. The fourth-order valence-electron chi connectivity index (χ4n) is 1.94. The Morgan fingerprint density at radius 3 is 1.54 bits per heavy atom. The molecule has 154 valence electrons. The number of aliphatic carboxylic acids is 1. The van der Waals surface area contributed by atoms with E-state index in [1.807, 2.05) is 0 Å². The minimum Gasteiger partial charge on any atom is -0.479 e. The van der Waals surface area contributed by atoms with Crippen LogP contribution in [0.4, 0.5) is 0 Å². The molecule has 1 saturated heterocycles. The normalized spacial score (nSPS) is 30.8. The van der Waals surface area contributed by atoms with Crippen LogP contribution in [0.2, 0.25) is 0 Å². The summed E-state index contributed by atoms with van der Waals surface area (Å²) < 4.78 is 113. The van der Waals surface area contributed by atoms with Crippen LogP contribution in [0.25, 0.3) is 0 Å². The maximum Gasteiger partial charge on any atom is 0.397 e. The molecule has 4 N–H and O–H groups in total. The van der Waals surface area contributed by atoms with Crippen LogP contribution in [-0.4, -0.2) is 87.8 Å². The Hall–Kier alpha value is -1.00. The maximum absolute atomic E-state index is 11.2. The van der Waals surface area contributed by atoms with E-state index < -0.39 is 67.9 Å². The van der Waals surface area contributed by atoms with E-state index in [4.69, 9.17) is 18.8 Å². The zero-order chi connectivity index (χ0) is 20.5. The lowest BCUT2D eigenvalue weighted by Crippen LogP contribution is -2.63. The van der Waals surface area contributed by atoms with Gasteiger partial charge in [0.25, 0.3) is 0 Å². The topological polar surface area (TPSA) is 247 Å². The summed E-state index contributed by atoms with van der Waals surface area (Å²) in [7, 11) is -15.6. The zero-order valence-corrected chi connectivity index (χ0v) is 14.7. The molecule has 0 unspecified atom stereocenters. The van der Waals surface area contributed by atoms with Crippen LogP contribution in [0, 0.1) is 0 Å². The summed E-state index contributed by atoms with van der Waals surface area (Å²) in [5.74, 6) is -1.99. The molecular formula is C7H12O16S3. The molecule has 0 aromatic rings. The summed E-state index contributed by atoms with van der Waals surface area (Å²) in [6.07, 6.45) is -12.1. The Balaban J connectivity index is 3.51. The van der Waals surface area contributed by atoms with E-state index in [0.717, 1.165) is 7.11 Å². The maximum atomic E-state index is 11.2. The molecule has 0 spiro atoms. The SMILES string of the molecule is CO[C@@H]1O[C@H](C(=O)O)[C@@H](OS(=O)(=O)O)[C@H](OS(=O)(=O)O)[C@H]1OS(=O)(=O)O. The Kier molecular flexibility index (Phi) is 7.03. The van der Waals surface area contributed by atoms with Gasteiger partial charge in [-0.3, -0.25) is 13.7 Å². The molecule has 1 aliphatic rings. The fourth-order valence-corrected chi connectivity index (χ4v) is 3.41. The average molecular weight is 448 g/mol. The smallest absolute Gasteiger partial charge is 0.397 e. The van der Waals surface area contributed by atoms with Gasteiger partial charge < -0.3 is 14.6 Å². The third kappa shape index (κ3) is 6.96. The quantitative estimate of drug-likeness (QED) is 0.270. The lowest BCUT2D eigenvalue weighted by atomic mass is 9.99. The van der Waals surface area contributed by atoms with E-state index in [9.17, 15) is 30.0 Å². The van der Waals surface area contributed by atoms with Gasteiger partial charge in [-0.2, -0.15) is 25.3 Å². The Bertz CT molecular complexity index is 825. The summed E-state index contributed by atoms with van der Waals surface area (Å²) in [4.78, 5) is 11.2. The molecule has 0 aromatic carbocycles. The van der Waals surface area contributed by atoms with Crippen molar-refractivity contribution in [3.05, 3.63) is 0 Å². The standard InChI is InChI=1S/C7H12O16S3/c1-19-7-5(23-26(16,17)18)3(22-25(13,14)15)2(21-24(10,11)12)4(20-7)6(8)9/h2-5,7H,1H3,(H,8,9)(H,10,11,12)(H,13,14,15)(H,16,17,18)/t2-,3-,4-,5+,7+/m0/s1. The van der Waals surface area contributed by atoms with E-state index >= 15 is 0 Å². The first kappa shape index (κ1) is 23.0. The van der Waals surface area contributed by atoms with Gasteiger partial charge >= 0.3 is 37.2 Å². The Morgan fingerprint density at radius 1 is 0.808 bits per heavy atom. The monoisotopic (exact) mass is 448 g/mol. The van der Waals surface area contributed by atoms with Gasteiger partial charge in [0.2, 0.25) is 0 Å². The van der Waals surface area contributed by atoms with Gasteiger partial charge in [0.05, 0.1) is 0 Å². The van der Waals surface area contributed by atoms with Gasteiger partial charge in [-0.05, 0) is 0 Å². The molecule has 19 heteroatoms. The van der Waals surface area contributed by atoms with Crippen LogP contribution in [0.3, 0.4) is 0 Å². The Morgan fingerprint density at radius 2 is 1.19 bits per heavy atom. The van der Waals surface area contributed by atoms with Gasteiger partial charge in [0, 0.05) is 7.11 Å². The van der Waals surface area contributed by atoms with Crippen molar-refractivity contribution in [3.8, 4) is 0 Å². The minimum atomic E-state index is -5.50. The third-order valence-corrected chi connectivity index (χ3v) is 4.07. The molecular weight excluding hydrogens is 436 g/mol. The first-order valence-corrected chi connectivity index (χ1v) is 10.0. The molecule has 1 aliphatic heterocycles. The zero-order valence-electron chi connectivity index (χ0n) is 12.3. The highest BCUT2D eigenvalue weighted by Gasteiger charge is 2.55. The van der Waals surface area contributed by atoms with Crippen molar-refractivity contribution in [3.63, 3.8) is 0 Å². The molecule has 1 rings (SSSR count). The van der Waals surface area contributed by atoms with Crippen molar-refractivity contribution in [2.75, 3.05) is 7.11 Å². The van der Waals surface area contributed by atoms with Crippen LogP contribution in [0.5, 0.6) is 0 Å². The van der Waals surface area contributed by atoms with Crippen molar-refractivity contribution in [1.82, 2.24) is 0 Å². The number of methoxy groups -OCH3 is 1. The Labute approximate surface area is 146 Å². The van der Waals surface area contributed by atoms with Gasteiger partial charge in [-0.1, -0.05) is 0 Å². The van der Waals surface area contributed by atoms with Crippen LogP contribution < -0.4 is 0 Å². The largest absolute Gasteiger partial charge is 0.479 e. The highest BCUT2D eigenvalue weighted by Crippen LogP contribution is 2.31. The van der Waals surface area contributed by atoms with Gasteiger partial charge in [-0.25, -0.2) is 17.3 Å². The van der Waals surface area contributed by atoms with E-state index in [1.54, 1.807) is 0 Å². The number of carboxylic acid groups (broad SMARTS) is 1. The lowest BCUT2D eigenvalue weighted by Gasteiger charge is -2.41. The molecule has 0 saturated carbocycles. The molecule has 0 bridgehead atoms. The number of hydrogen-bond donors (Lipinski definition) is 4. The van der Waals surface area contributed by atoms with Crippen molar-refractivity contribution in [1.29, 1.82) is 0 Å². The van der Waals surface area contributed by atoms with Gasteiger partial charge in [0.15, 0.2) is 18.5 Å². The predicted molar refractivity (Wildman–Crippen MR) is 72.6 cm³/mol. The van der Waals surface area contributed by atoms with Crippen molar-refractivity contribution in [2.45, 2.75) is 30.7 Å². The second-order valence-corrected chi connectivity index (χ2v) is 7.61. The molecule has 1 heterocycles. The van der Waals surface area contributed by atoms with Crippen LogP contribution >= 0.6 is 0 Å². The molecule has 0 aromatic heterocycles. The number of ether oxygens (including phenoxy) is 2. The molecule has 0 aliphatic carbocycles. The molecule has 1 fully saturated rings. The molecule has 5 atom stereocenters. The first-order valence-electron chi connectivity index (χ1n) is 5.92. The molecule has 16 nitrogen and oxygen atoms in total. The molecule has 0 radical (unpaired) electrons. The first-order chi connectivity index (χ1) is 11.5. The van der Waals surface area contributed by atoms with E-state index in [-0.39, 0.29) is 0 Å². The minimum absolute atomic E-state index is 0.804. The number of carboxylic acids is 1. The van der Waals surface area contributed by atoms with Crippen LogP contribution in [-0.2, 0) is 58.0 Å². The van der Waals surface area contributed by atoms with Crippen LogP contribution in [0.15, 0.2) is 0 Å². The number of carbonyl (C=O) groups is 1. The second kappa shape index (κ2) is 7.93. The number of rotatable bonds is 8. The summed E-state index contributed by atoms with van der Waals surface area (Å²) in [6.45, 7) is 0. The van der Waals surface area contributed by atoms with Crippen LogP contribution in [0.1, 0.15) is 0 Å². The van der Waals surface area contributed by atoms with Crippen molar-refractivity contribution >= 4 is 37.2 Å². The van der Waals surface area contributed by atoms with E-state index in [2.05, 4.69) is 22.0 Å². The summed E-state index contributed by atoms with van der Waals surface area (Å²) >= 11 is 0. The average Bonchev–Trinajstić information content (AvgIpc) is 2.37. The van der Waals surface area contributed by atoms with E-state index in [1.165, 1.54) is 0 Å². The highest BCUT2D eigenvalue weighted by atomic mass is 32.3. The van der Waals surface area contributed by atoms with E-state index in [0.29, 0.717) is 0 Å². The van der Waals surface area contributed by atoms with Gasteiger partial charge in [-0.15, -0.1) is 0 Å². The summed E-state index contributed by atoms with van der Waals surface area (Å²) in [5, 5.41) is 9.04. The van der Waals surface area contributed by atoms with Gasteiger partial charge in [0.1, 0.15) is 12.2 Å². The molecule has 0 amide bonds. The number of hydrogen-bond acceptors (Lipinski definition) is 12. The summed E-state index contributed by atoms with van der Waals surface area (Å²) in [5.41, 5.74) is 0. The fraction of sp³-hybridized carbons (Fsp3) is 0.857.